The summed E-state index contributed by atoms with van der Waals surface area (Å²) in [4.78, 5) is 2.62. The van der Waals surface area contributed by atoms with Gasteiger partial charge < -0.3 is 15.0 Å². The van der Waals surface area contributed by atoms with Gasteiger partial charge in [-0.05, 0) is 44.8 Å². The monoisotopic (exact) mass is 242 g/mol. The number of nitrogens with one attached hydrogen (secondary N) is 1. The molecule has 17 heavy (non-hydrogen) atoms. The first-order valence-corrected chi connectivity index (χ1v) is 7.21. The summed E-state index contributed by atoms with van der Waals surface area (Å²) in [6.45, 7) is 11.2. The van der Waals surface area contributed by atoms with Crippen LogP contribution in [-0.4, -0.2) is 51.3 Å². The van der Waals surface area contributed by atoms with Crippen LogP contribution in [0.1, 0.15) is 39.5 Å². The molecule has 3 nitrogen and oxygen atoms in total. The fraction of sp³-hybridized carbons (Fsp3) is 1.00. The highest BCUT2D eigenvalue weighted by Gasteiger charge is 2.33. The Morgan fingerprint density at radius 3 is 2.47 bits per heavy atom. The molecule has 0 radical (unpaired) electrons. The number of hydrogen-bond acceptors (Lipinski definition) is 3. The summed E-state index contributed by atoms with van der Waals surface area (Å²) >= 11 is 0. The molecule has 1 saturated heterocycles. The van der Waals surface area contributed by atoms with Crippen molar-refractivity contribution in [3.63, 3.8) is 0 Å². The lowest BCUT2D eigenvalue weighted by atomic mass is 9.79. The van der Waals surface area contributed by atoms with Crippen molar-refractivity contribution in [3.05, 3.63) is 0 Å². The molecule has 0 saturated carbocycles. The average molecular weight is 242 g/mol. The molecule has 1 N–H and O–H groups in total. The Labute approximate surface area is 107 Å². The van der Waals surface area contributed by atoms with Crippen LogP contribution in [0.15, 0.2) is 0 Å². The van der Waals surface area contributed by atoms with Crippen molar-refractivity contribution in [2.45, 2.75) is 39.5 Å². The Kier molecular flexibility index (Phi) is 7.09. The van der Waals surface area contributed by atoms with Gasteiger partial charge in [-0.15, -0.1) is 0 Å². The van der Waals surface area contributed by atoms with Gasteiger partial charge in [0.15, 0.2) is 0 Å². The minimum atomic E-state index is 0.441. The van der Waals surface area contributed by atoms with E-state index in [0.29, 0.717) is 5.41 Å². The van der Waals surface area contributed by atoms with E-state index < -0.39 is 0 Å². The van der Waals surface area contributed by atoms with Gasteiger partial charge >= 0.3 is 0 Å². The fourth-order valence-corrected chi connectivity index (χ4v) is 2.78. The zero-order valence-electron chi connectivity index (χ0n) is 11.9. The maximum atomic E-state index is 5.52. The molecular weight excluding hydrogens is 212 g/mol. The minimum absolute atomic E-state index is 0.441. The molecule has 0 aromatic carbocycles. The summed E-state index contributed by atoms with van der Waals surface area (Å²) in [5.41, 5.74) is 0.441. The smallest absolute Gasteiger partial charge is 0.0472 e. The van der Waals surface area contributed by atoms with E-state index in [1.807, 2.05) is 0 Å². The summed E-state index contributed by atoms with van der Waals surface area (Å²) in [6.07, 6.45) is 5.02. The van der Waals surface area contributed by atoms with Gasteiger partial charge in [-0.25, -0.2) is 0 Å². The quantitative estimate of drug-likeness (QED) is 0.705. The molecule has 3 heteroatoms. The first-order chi connectivity index (χ1) is 8.26. The summed E-state index contributed by atoms with van der Waals surface area (Å²) in [7, 11) is 2.07. The molecule has 0 bridgehead atoms. The Bertz CT molecular complexity index is 185. The van der Waals surface area contributed by atoms with Gasteiger partial charge in [0.25, 0.3) is 0 Å². The summed E-state index contributed by atoms with van der Waals surface area (Å²) in [5, 5.41) is 3.38. The van der Waals surface area contributed by atoms with Crippen molar-refractivity contribution in [2.75, 3.05) is 46.4 Å². The van der Waals surface area contributed by atoms with E-state index >= 15 is 0 Å². The Balaban J connectivity index is 2.50. The molecule has 1 rings (SSSR count). The van der Waals surface area contributed by atoms with Crippen LogP contribution in [0, 0.1) is 5.41 Å². The van der Waals surface area contributed by atoms with E-state index in [1.165, 1.54) is 45.3 Å². The maximum Gasteiger partial charge on any atom is 0.0472 e. The van der Waals surface area contributed by atoms with Crippen molar-refractivity contribution in [1.82, 2.24) is 10.2 Å². The molecule has 1 fully saturated rings. The fourth-order valence-electron chi connectivity index (χ4n) is 2.78. The van der Waals surface area contributed by atoms with Gasteiger partial charge in [-0.2, -0.15) is 0 Å². The molecule has 0 aromatic rings. The molecule has 0 spiro atoms. The Morgan fingerprint density at radius 1 is 1.24 bits per heavy atom. The van der Waals surface area contributed by atoms with E-state index in [-0.39, 0.29) is 0 Å². The van der Waals surface area contributed by atoms with Gasteiger partial charge in [-0.1, -0.05) is 20.3 Å². The molecule has 0 aliphatic carbocycles. The zero-order valence-corrected chi connectivity index (χ0v) is 11.9. The molecule has 0 amide bonds. The van der Waals surface area contributed by atoms with Crippen LogP contribution < -0.4 is 5.32 Å². The second kappa shape index (κ2) is 8.06. The number of rotatable bonds is 8. The SMILES string of the molecule is CCCCN(CC)CC1(CNC)CCOCC1. The predicted molar refractivity (Wildman–Crippen MR) is 73.4 cm³/mol. The molecule has 0 atom stereocenters. The van der Waals surface area contributed by atoms with E-state index in [2.05, 4.69) is 31.1 Å². The Hall–Kier alpha value is -0.120. The van der Waals surface area contributed by atoms with Gasteiger partial charge in [0, 0.05) is 26.3 Å². The number of nitrogens with zero attached hydrogens (tertiary/aromatic N) is 1. The second-order valence-corrected chi connectivity index (χ2v) is 5.37. The zero-order chi connectivity index (χ0) is 12.6. The van der Waals surface area contributed by atoms with E-state index in [9.17, 15) is 0 Å². The molecule has 102 valence electrons. The van der Waals surface area contributed by atoms with E-state index in [1.54, 1.807) is 0 Å². The molecular formula is C14H30N2O. The van der Waals surface area contributed by atoms with Gasteiger partial charge in [0.05, 0.1) is 0 Å². The second-order valence-electron chi connectivity index (χ2n) is 5.37. The van der Waals surface area contributed by atoms with Gasteiger partial charge in [0.1, 0.15) is 0 Å². The van der Waals surface area contributed by atoms with Gasteiger partial charge in [0.2, 0.25) is 0 Å². The first-order valence-electron chi connectivity index (χ1n) is 7.21. The molecule has 0 unspecified atom stereocenters. The number of ether oxygens (including phenoxy) is 1. The lowest BCUT2D eigenvalue weighted by molar-refractivity contribution is -0.00295. The van der Waals surface area contributed by atoms with Crippen LogP contribution in [0.5, 0.6) is 0 Å². The van der Waals surface area contributed by atoms with Gasteiger partial charge in [-0.3, -0.25) is 0 Å². The highest BCUT2D eigenvalue weighted by atomic mass is 16.5. The first kappa shape index (κ1) is 14.9. The standard InChI is InChI=1S/C14H30N2O/c1-4-6-9-16(5-2)13-14(12-15-3)7-10-17-11-8-14/h15H,4-13H2,1-3H3. The molecule has 1 aliphatic heterocycles. The summed E-state index contributed by atoms with van der Waals surface area (Å²) < 4.78 is 5.52. The largest absolute Gasteiger partial charge is 0.381 e. The minimum Gasteiger partial charge on any atom is -0.381 e. The highest BCUT2D eigenvalue weighted by Crippen LogP contribution is 2.30. The molecule has 0 aromatic heterocycles. The highest BCUT2D eigenvalue weighted by molar-refractivity contribution is 4.86. The molecule has 1 heterocycles. The summed E-state index contributed by atoms with van der Waals surface area (Å²) in [5.74, 6) is 0. The lowest BCUT2D eigenvalue weighted by Crippen LogP contribution is -2.47. The van der Waals surface area contributed by atoms with Crippen molar-refractivity contribution in [2.24, 2.45) is 5.41 Å². The van der Waals surface area contributed by atoms with Crippen LogP contribution in [0.25, 0.3) is 0 Å². The normalized spacial score (nSPS) is 19.8. The number of hydrogen-bond donors (Lipinski definition) is 1. The molecule has 1 aliphatic rings. The predicted octanol–water partition coefficient (Wildman–Crippen LogP) is 2.12. The lowest BCUT2D eigenvalue weighted by Gasteiger charge is -2.41. The maximum absolute atomic E-state index is 5.52. The Morgan fingerprint density at radius 2 is 1.94 bits per heavy atom. The van der Waals surface area contributed by atoms with Crippen molar-refractivity contribution < 1.29 is 4.74 Å². The van der Waals surface area contributed by atoms with Crippen LogP contribution in [-0.2, 0) is 4.74 Å². The summed E-state index contributed by atoms with van der Waals surface area (Å²) in [6, 6.07) is 0. The van der Waals surface area contributed by atoms with E-state index in [4.69, 9.17) is 4.74 Å². The van der Waals surface area contributed by atoms with Crippen molar-refractivity contribution in [3.8, 4) is 0 Å². The number of unbranched alkanes of at least 4 members (excludes halogenated alkanes) is 1. The van der Waals surface area contributed by atoms with Crippen LogP contribution in [0.2, 0.25) is 0 Å². The average Bonchev–Trinajstić information content (AvgIpc) is 2.36. The third-order valence-corrected chi connectivity index (χ3v) is 3.94. The van der Waals surface area contributed by atoms with Crippen molar-refractivity contribution in [1.29, 1.82) is 0 Å². The van der Waals surface area contributed by atoms with E-state index in [0.717, 1.165) is 19.8 Å². The van der Waals surface area contributed by atoms with Crippen LogP contribution in [0.4, 0.5) is 0 Å². The van der Waals surface area contributed by atoms with Crippen LogP contribution >= 0.6 is 0 Å². The topological polar surface area (TPSA) is 24.5 Å². The van der Waals surface area contributed by atoms with Crippen LogP contribution in [0.3, 0.4) is 0 Å². The third kappa shape index (κ3) is 4.94. The van der Waals surface area contributed by atoms with Crippen molar-refractivity contribution >= 4 is 0 Å². The third-order valence-electron chi connectivity index (χ3n) is 3.94.